The van der Waals surface area contributed by atoms with E-state index < -0.39 is 11.2 Å². The Morgan fingerprint density at radius 1 is 1.19 bits per heavy atom. The third kappa shape index (κ3) is 2.64. The lowest BCUT2D eigenvalue weighted by molar-refractivity contribution is 0.185. The number of rotatable bonds is 2. The van der Waals surface area contributed by atoms with Crippen molar-refractivity contribution in [2.24, 2.45) is 0 Å². The summed E-state index contributed by atoms with van der Waals surface area (Å²) >= 11 is 11.9. The maximum atomic E-state index is 12.7. The second kappa shape index (κ2) is 5.67. The molecule has 1 N–H and O–H groups in total. The van der Waals surface area contributed by atoms with E-state index in [1.165, 1.54) is 4.57 Å². The smallest absolute Gasteiger partial charge is 0.329 e. The Labute approximate surface area is 130 Å². The van der Waals surface area contributed by atoms with Crippen LogP contribution in [0.2, 0.25) is 10.2 Å². The number of aromatic amines is 1. The van der Waals surface area contributed by atoms with Crippen molar-refractivity contribution in [2.75, 3.05) is 13.2 Å². The monoisotopic (exact) mass is 326 g/mol. The number of nitrogens with zero attached hydrogens (tertiary/aromatic N) is 1. The summed E-state index contributed by atoms with van der Waals surface area (Å²) < 4.78 is 6.43. The van der Waals surface area contributed by atoms with Gasteiger partial charge in [0.1, 0.15) is 5.15 Å². The first-order valence-corrected chi connectivity index (χ1v) is 7.21. The SMILES string of the molecule is O=c1[nH]c(Cl)c(-c2ccc(Cl)cc2)c(=O)n1C1CCOC1. The average Bonchev–Trinajstić information content (AvgIpc) is 2.94. The van der Waals surface area contributed by atoms with E-state index in [0.717, 1.165) is 0 Å². The van der Waals surface area contributed by atoms with E-state index in [0.29, 0.717) is 30.2 Å². The van der Waals surface area contributed by atoms with Crippen molar-refractivity contribution in [3.05, 3.63) is 55.3 Å². The van der Waals surface area contributed by atoms with Crippen molar-refractivity contribution in [1.29, 1.82) is 0 Å². The van der Waals surface area contributed by atoms with Gasteiger partial charge in [-0.1, -0.05) is 35.3 Å². The van der Waals surface area contributed by atoms with Gasteiger partial charge in [0.2, 0.25) is 0 Å². The van der Waals surface area contributed by atoms with Crippen molar-refractivity contribution in [2.45, 2.75) is 12.5 Å². The van der Waals surface area contributed by atoms with E-state index in [1.54, 1.807) is 24.3 Å². The number of aromatic nitrogens is 2. The zero-order chi connectivity index (χ0) is 15.0. The standard InChI is InChI=1S/C14H12Cl2N2O3/c15-9-3-1-8(2-4-9)11-12(16)17-14(20)18(13(11)19)10-5-6-21-7-10/h1-4,10H,5-7H2,(H,17,20). The summed E-state index contributed by atoms with van der Waals surface area (Å²) in [7, 11) is 0. The Morgan fingerprint density at radius 2 is 1.90 bits per heavy atom. The lowest BCUT2D eigenvalue weighted by Gasteiger charge is -2.13. The summed E-state index contributed by atoms with van der Waals surface area (Å²) in [5.41, 5.74) is -0.0575. The molecule has 1 atom stereocenters. The van der Waals surface area contributed by atoms with Gasteiger partial charge in [0.15, 0.2) is 0 Å². The Bertz CT molecular complexity index is 774. The predicted octanol–water partition coefficient (Wildman–Crippen LogP) is 2.47. The van der Waals surface area contributed by atoms with Gasteiger partial charge >= 0.3 is 5.69 Å². The Kier molecular flexibility index (Phi) is 3.89. The molecule has 1 aliphatic rings. The molecule has 0 aliphatic carbocycles. The minimum Gasteiger partial charge on any atom is -0.379 e. The van der Waals surface area contributed by atoms with Crippen LogP contribution in [-0.2, 0) is 4.74 Å². The molecule has 0 saturated carbocycles. The summed E-state index contributed by atoms with van der Waals surface area (Å²) in [6.07, 6.45) is 0.630. The summed E-state index contributed by atoms with van der Waals surface area (Å²) in [5.74, 6) is 0. The molecule has 110 valence electrons. The van der Waals surface area contributed by atoms with Crippen LogP contribution in [0.1, 0.15) is 12.5 Å². The fraction of sp³-hybridized carbons (Fsp3) is 0.286. The molecule has 1 aliphatic heterocycles. The number of benzene rings is 1. The van der Waals surface area contributed by atoms with Crippen molar-refractivity contribution >= 4 is 23.2 Å². The zero-order valence-electron chi connectivity index (χ0n) is 10.9. The molecule has 7 heteroatoms. The maximum absolute atomic E-state index is 12.7. The van der Waals surface area contributed by atoms with Crippen LogP contribution in [0.5, 0.6) is 0 Å². The number of hydrogen-bond acceptors (Lipinski definition) is 3. The molecule has 3 rings (SSSR count). The van der Waals surface area contributed by atoms with Crippen LogP contribution in [0.4, 0.5) is 0 Å². The molecule has 21 heavy (non-hydrogen) atoms. The molecular formula is C14H12Cl2N2O3. The molecule has 1 unspecified atom stereocenters. The Hall–Kier alpha value is -1.56. The molecule has 0 bridgehead atoms. The minimum atomic E-state index is -0.516. The highest BCUT2D eigenvalue weighted by Crippen LogP contribution is 2.24. The molecule has 1 aromatic carbocycles. The zero-order valence-corrected chi connectivity index (χ0v) is 12.4. The average molecular weight is 327 g/mol. The molecule has 1 aromatic heterocycles. The molecular weight excluding hydrogens is 315 g/mol. The second-order valence-electron chi connectivity index (χ2n) is 4.82. The maximum Gasteiger partial charge on any atom is 0.329 e. The van der Waals surface area contributed by atoms with Gasteiger partial charge in [0.05, 0.1) is 18.2 Å². The van der Waals surface area contributed by atoms with Crippen LogP contribution < -0.4 is 11.2 Å². The van der Waals surface area contributed by atoms with E-state index in [1.807, 2.05) is 0 Å². The van der Waals surface area contributed by atoms with Crippen LogP contribution in [0.3, 0.4) is 0 Å². The van der Waals surface area contributed by atoms with Crippen molar-refractivity contribution in [1.82, 2.24) is 9.55 Å². The van der Waals surface area contributed by atoms with Crippen LogP contribution in [0.25, 0.3) is 11.1 Å². The highest BCUT2D eigenvalue weighted by molar-refractivity contribution is 6.32. The highest BCUT2D eigenvalue weighted by Gasteiger charge is 2.24. The van der Waals surface area contributed by atoms with Crippen molar-refractivity contribution in [3.63, 3.8) is 0 Å². The summed E-state index contributed by atoms with van der Waals surface area (Å²) in [6.45, 7) is 0.889. The molecule has 2 heterocycles. The van der Waals surface area contributed by atoms with E-state index in [9.17, 15) is 9.59 Å². The molecule has 0 spiro atoms. The molecule has 1 fully saturated rings. The molecule has 5 nitrogen and oxygen atoms in total. The molecule has 1 saturated heterocycles. The fourth-order valence-corrected chi connectivity index (χ4v) is 2.84. The Balaban J connectivity index is 2.21. The highest BCUT2D eigenvalue weighted by atomic mass is 35.5. The Morgan fingerprint density at radius 3 is 2.52 bits per heavy atom. The second-order valence-corrected chi connectivity index (χ2v) is 5.63. The van der Waals surface area contributed by atoms with Crippen molar-refractivity contribution < 1.29 is 4.74 Å². The van der Waals surface area contributed by atoms with Gasteiger partial charge in [-0.3, -0.25) is 14.3 Å². The first kappa shape index (κ1) is 14.4. The van der Waals surface area contributed by atoms with Crippen LogP contribution >= 0.6 is 23.2 Å². The quantitative estimate of drug-likeness (QED) is 0.862. The first-order chi connectivity index (χ1) is 10.1. The lowest BCUT2D eigenvalue weighted by Crippen LogP contribution is -2.39. The number of ether oxygens (including phenoxy) is 1. The van der Waals surface area contributed by atoms with Gasteiger partial charge in [0, 0.05) is 11.6 Å². The third-order valence-electron chi connectivity index (χ3n) is 3.49. The number of halogens is 2. The van der Waals surface area contributed by atoms with E-state index in [2.05, 4.69) is 4.98 Å². The number of nitrogens with one attached hydrogen (secondary N) is 1. The summed E-state index contributed by atoms with van der Waals surface area (Å²) in [5, 5.41) is 0.589. The minimum absolute atomic E-state index is 0.0301. The fourth-order valence-electron chi connectivity index (χ4n) is 2.45. The van der Waals surface area contributed by atoms with Gasteiger partial charge in [-0.15, -0.1) is 0 Å². The first-order valence-electron chi connectivity index (χ1n) is 6.46. The summed E-state index contributed by atoms with van der Waals surface area (Å²) in [4.78, 5) is 27.2. The number of H-pyrrole nitrogens is 1. The number of hydrogen-bond donors (Lipinski definition) is 1. The van der Waals surface area contributed by atoms with Crippen molar-refractivity contribution in [3.8, 4) is 11.1 Å². The van der Waals surface area contributed by atoms with Gasteiger partial charge in [-0.05, 0) is 24.1 Å². The van der Waals surface area contributed by atoms with Gasteiger partial charge in [0.25, 0.3) is 5.56 Å². The van der Waals surface area contributed by atoms with Gasteiger partial charge in [-0.2, -0.15) is 0 Å². The molecule has 2 aromatic rings. The van der Waals surface area contributed by atoms with E-state index in [4.69, 9.17) is 27.9 Å². The largest absolute Gasteiger partial charge is 0.379 e. The topological polar surface area (TPSA) is 64.1 Å². The lowest BCUT2D eigenvalue weighted by atomic mass is 10.1. The third-order valence-corrected chi connectivity index (χ3v) is 4.03. The van der Waals surface area contributed by atoms with E-state index >= 15 is 0 Å². The van der Waals surface area contributed by atoms with Gasteiger partial charge < -0.3 is 4.74 Å². The normalized spacial score (nSPS) is 18.1. The van der Waals surface area contributed by atoms with Gasteiger partial charge in [-0.25, -0.2) is 4.79 Å². The molecule has 0 radical (unpaired) electrons. The van der Waals surface area contributed by atoms with E-state index in [-0.39, 0.29) is 16.8 Å². The van der Waals surface area contributed by atoms with Crippen LogP contribution in [-0.4, -0.2) is 22.8 Å². The summed E-state index contributed by atoms with van der Waals surface area (Å²) in [6, 6.07) is 6.46. The molecule has 0 amide bonds. The predicted molar refractivity (Wildman–Crippen MR) is 81.3 cm³/mol. The van der Waals surface area contributed by atoms with Crippen LogP contribution in [0.15, 0.2) is 33.9 Å². The van der Waals surface area contributed by atoms with Crippen LogP contribution in [0, 0.1) is 0 Å².